The normalized spacial score (nSPS) is 16.5. The summed E-state index contributed by atoms with van der Waals surface area (Å²) < 4.78 is 304. The maximum absolute atomic E-state index is 14.0. The van der Waals surface area contributed by atoms with Crippen molar-refractivity contribution < 1.29 is 110 Å². The van der Waals surface area contributed by atoms with Crippen molar-refractivity contribution in [1.29, 1.82) is 0 Å². The molecule has 2 N–H and O–H groups in total. The highest BCUT2D eigenvalue weighted by Gasteiger charge is 2.98. The summed E-state index contributed by atoms with van der Waals surface area (Å²) in [5.41, 5.74) is 0. The van der Waals surface area contributed by atoms with Crippen molar-refractivity contribution in [2.75, 3.05) is 40.3 Å². The second-order valence-corrected chi connectivity index (χ2v) is 11.3. The maximum atomic E-state index is 14.0. The molecule has 0 aliphatic rings. The molecule has 0 aromatic heterocycles. The van der Waals surface area contributed by atoms with E-state index in [4.69, 9.17) is 5.11 Å². The Bertz CT molecular complexity index is 1120. The predicted octanol–water partition coefficient (Wildman–Crippen LogP) is 5.60. The van der Waals surface area contributed by atoms with Crippen LogP contribution in [0.15, 0.2) is 0 Å². The summed E-state index contributed by atoms with van der Waals surface area (Å²) in [6.45, 7) is -2.47. The number of rotatable bonds is 16. The zero-order valence-electron chi connectivity index (χ0n) is 21.1. The molecule has 0 unspecified atom stereocenters. The molecule has 0 aromatic rings. The van der Waals surface area contributed by atoms with E-state index in [9.17, 15) is 101 Å². The van der Waals surface area contributed by atoms with Gasteiger partial charge >= 0.3 is 58.8 Å². The number of likely N-dealkylation sites (N-methyl/N-ethyl adjacent to an activating group) is 1. The van der Waals surface area contributed by atoms with E-state index in [0.29, 0.717) is 4.72 Å². The Morgan fingerprint density at radius 2 is 0.818 bits per heavy atom. The molecule has 0 heterocycles. The smallest absolute Gasteiger partial charge is 0.391 e. The van der Waals surface area contributed by atoms with Gasteiger partial charge in [0.15, 0.2) is 0 Å². The first-order valence-corrected chi connectivity index (χ1v) is 12.1. The first kappa shape index (κ1) is 42.4. The molecule has 0 radical (unpaired) electrons. The molecule has 44 heavy (non-hydrogen) atoms. The zero-order valence-corrected chi connectivity index (χ0v) is 21.9. The van der Waals surface area contributed by atoms with Crippen LogP contribution in [0.4, 0.5) is 92.2 Å². The van der Waals surface area contributed by atoms with Gasteiger partial charge in [-0.1, -0.05) is 0 Å². The van der Waals surface area contributed by atoms with E-state index in [2.05, 4.69) is 0 Å². The molecular weight excluding hydrogens is 711 g/mol. The van der Waals surface area contributed by atoms with Crippen LogP contribution in [-0.4, -0.2) is 117 Å². The van der Waals surface area contributed by atoms with Gasteiger partial charge in [0.1, 0.15) is 6.54 Å². The third-order valence-electron chi connectivity index (χ3n) is 5.76. The van der Waals surface area contributed by atoms with Crippen LogP contribution in [0.25, 0.3) is 0 Å². The molecule has 0 bridgehead atoms. The second-order valence-electron chi connectivity index (χ2n) is 9.47. The predicted molar refractivity (Wildman–Crippen MR) is 101 cm³/mol. The Balaban J connectivity index is 6.80. The van der Waals surface area contributed by atoms with Gasteiger partial charge in [0.05, 0.1) is 27.2 Å². The van der Waals surface area contributed by atoms with Crippen LogP contribution in [0, 0.1) is 0 Å². The average molecular weight is 729 g/mol. The lowest BCUT2D eigenvalue weighted by Gasteiger charge is -2.44. The van der Waals surface area contributed by atoms with Gasteiger partial charge in [0.25, 0.3) is 10.0 Å². The average Bonchev–Trinajstić information content (AvgIpc) is 2.79. The number of aliphatic hydroxyl groups is 1. The van der Waals surface area contributed by atoms with Crippen molar-refractivity contribution in [2.24, 2.45) is 0 Å². The summed E-state index contributed by atoms with van der Waals surface area (Å²) in [4.78, 5) is 0. The van der Waals surface area contributed by atoms with E-state index >= 15 is 0 Å². The summed E-state index contributed by atoms with van der Waals surface area (Å²) in [5.74, 6) is -72.3. The van der Waals surface area contributed by atoms with Crippen molar-refractivity contribution >= 4 is 10.0 Å². The highest BCUT2D eigenvalue weighted by atomic mass is 32.2. The number of hydrogen-bond donors (Lipinski definition) is 2. The number of nitrogens with one attached hydrogen (secondary N) is 1. The Labute approximate surface area is 231 Å². The van der Waals surface area contributed by atoms with E-state index < -0.39 is 88.4 Å². The van der Waals surface area contributed by atoms with Crippen LogP contribution in [0.2, 0.25) is 0 Å². The quantitative estimate of drug-likeness (QED) is 0.124. The molecule has 266 valence electrons. The molecule has 0 atom stereocenters. The topological polar surface area (TPSA) is 66.4 Å². The molecule has 0 aliphatic carbocycles. The van der Waals surface area contributed by atoms with Crippen molar-refractivity contribution in [2.45, 2.75) is 65.2 Å². The van der Waals surface area contributed by atoms with Gasteiger partial charge in [-0.05, 0) is 0 Å². The third kappa shape index (κ3) is 6.09. The molecular formula is C17H18F21N2O3S+. The largest absolute Gasteiger partial charge is 0.460 e. The standard InChI is InChI=1S/C17H18F21N2O3S/c1-40(2,6-7-41)5-3-4-39-44(42,43)17(37,38)15(32,33)13(28,29)11(24,25)9(20,21)8(18,19)10(22,23)12(26,27)14(30,31)16(34,35)36/h39,41H,3-7H2,1-2H3/q+1. The van der Waals surface area contributed by atoms with Crippen LogP contribution >= 0.6 is 0 Å². The fourth-order valence-corrected chi connectivity index (χ4v) is 3.96. The summed E-state index contributed by atoms with van der Waals surface area (Å²) >= 11 is 0. The van der Waals surface area contributed by atoms with E-state index in [-0.39, 0.29) is 17.6 Å². The fraction of sp³-hybridized carbons (Fsp3) is 1.00. The molecule has 0 rings (SSSR count). The molecule has 0 fully saturated rings. The molecule has 0 amide bonds. The minimum absolute atomic E-state index is 0.125. The second kappa shape index (κ2) is 11.6. The monoisotopic (exact) mass is 729 g/mol. The lowest BCUT2D eigenvalue weighted by atomic mass is 9.87. The van der Waals surface area contributed by atoms with Gasteiger partial charge < -0.3 is 9.59 Å². The molecule has 0 spiro atoms. The highest BCUT2D eigenvalue weighted by Crippen LogP contribution is 2.66. The van der Waals surface area contributed by atoms with Crippen LogP contribution in [-0.2, 0) is 10.0 Å². The lowest BCUT2D eigenvalue weighted by molar-refractivity contribution is -0.890. The van der Waals surface area contributed by atoms with E-state index in [0.717, 1.165) is 0 Å². The molecule has 0 aromatic carbocycles. The first-order chi connectivity index (χ1) is 18.8. The van der Waals surface area contributed by atoms with Crippen molar-refractivity contribution in [3.05, 3.63) is 0 Å². The fourth-order valence-electron chi connectivity index (χ4n) is 2.90. The molecule has 5 nitrogen and oxygen atoms in total. The van der Waals surface area contributed by atoms with Gasteiger partial charge in [0, 0.05) is 13.0 Å². The van der Waals surface area contributed by atoms with Crippen LogP contribution in [0.3, 0.4) is 0 Å². The van der Waals surface area contributed by atoms with Crippen molar-refractivity contribution in [3.8, 4) is 0 Å². The number of alkyl halides is 21. The van der Waals surface area contributed by atoms with Crippen LogP contribution in [0.5, 0.6) is 0 Å². The molecule has 0 saturated heterocycles. The number of aliphatic hydroxyl groups excluding tert-OH is 1. The third-order valence-corrected chi connectivity index (χ3v) is 7.27. The Morgan fingerprint density at radius 1 is 0.523 bits per heavy atom. The summed E-state index contributed by atoms with van der Waals surface area (Å²) in [6.07, 6.45) is -8.79. The van der Waals surface area contributed by atoms with Crippen LogP contribution < -0.4 is 4.72 Å². The van der Waals surface area contributed by atoms with Gasteiger partial charge in [-0.2, -0.15) is 92.2 Å². The van der Waals surface area contributed by atoms with E-state index in [1.807, 2.05) is 0 Å². The zero-order chi connectivity index (χ0) is 36.2. The maximum Gasteiger partial charge on any atom is 0.460 e. The summed E-state index contributed by atoms with van der Waals surface area (Å²) in [7, 11) is -4.91. The molecule has 0 saturated carbocycles. The Hall–Kier alpha value is -1.64. The first-order valence-electron chi connectivity index (χ1n) is 10.7. The number of hydrogen-bond acceptors (Lipinski definition) is 3. The van der Waals surface area contributed by atoms with Crippen molar-refractivity contribution in [3.63, 3.8) is 0 Å². The van der Waals surface area contributed by atoms with Gasteiger partial charge in [-0.15, -0.1) is 0 Å². The van der Waals surface area contributed by atoms with E-state index in [1.54, 1.807) is 0 Å². The Morgan fingerprint density at radius 3 is 1.11 bits per heavy atom. The minimum Gasteiger partial charge on any atom is -0.391 e. The van der Waals surface area contributed by atoms with Crippen molar-refractivity contribution in [1.82, 2.24) is 4.72 Å². The van der Waals surface area contributed by atoms with Gasteiger partial charge in [-0.3, -0.25) is 0 Å². The SMILES string of the molecule is C[N+](C)(CCO)CCCNS(=O)(=O)C(F)(F)C(F)(F)C(F)(F)C(F)(F)C(F)(F)C(F)(F)C(F)(F)C(F)(F)C(F)(F)C(F)(F)F. The highest BCUT2D eigenvalue weighted by molar-refractivity contribution is 7.90. The molecule has 27 heteroatoms. The minimum atomic E-state index is -9.36. The lowest BCUT2D eigenvalue weighted by Crippen LogP contribution is -2.77. The summed E-state index contributed by atoms with van der Waals surface area (Å²) in [5, 5.41) is 0.998. The summed E-state index contributed by atoms with van der Waals surface area (Å²) in [6, 6.07) is 0. The van der Waals surface area contributed by atoms with Crippen LogP contribution in [0.1, 0.15) is 6.42 Å². The number of quaternary nitrogens is 1. The number of nitrogens with zero attached hydrogens (tertiary/aromatic N) is 1. The van der Waals surface area contributed by atoms with Gasteiger partial charge in [0.2, 0.25) is 0 Å². The number of sulfonamides is 1. The van der Waals surface area contributed by atoms with E-state index in [1.165, 1.54) is 14.1 Å². The molecule has 0 aliphatic heterocycles. The number of halogens is 21. The Kier molecular flexibility index (Phi) is 11.1. The van der Waals surface area contributed by atoms with Gasteiger partial charge in [-0.25, -0.2) is 13.1 Å².